The number of hydrogen-bond acceptors (Lipinski definition) is 10. The van der Waals surface area contributed by atoms with Gasteiger partial charge in [0, 0.05) is 85.2 Å². The number of methoxy groups -OCH3 is 5. The lowest BCUT2D eigenvalue weighted by Crippen LogP contribution is -2.22. The highest BCUT2D eigenvalue weighted by Crippen LogP contribution is 2.60. The molecule has 0 aliphatic heterocycles. The minimum absolute atomic E-state index is 0.102. The molecule has 10 nitrogen and oxygen atoms in total. The smallest absolute Gasteiger partial charge is 0.127 e. The van der Waals surface area contributed by atoms with Crippen LogP contribution in [-0.4, -0.2) is 61.1 Å². The Morgan fingerprint density at radius 3 is 0.408 bits per heavy atom. The average Bonchev–Trinajstić information content (AvgIpc) is 0.719. The number of hydrogen-bond donors (Lipinski definition) is 5. The second-order valence-corrected chi connectivity index (χ2v) is 41.5. The first kappa shape index (κ1) is 91.0. The van der Waals surface area contributed by atoms with Crippen molar-refractivity contribution < 1.29 is 49.2 Å². The van der Waals surface area contributed by atoms with E-state index < -0.39 is 56.7 Å². The van der Waals surface area contributed by atoms with Gasteiger partial charge in [-0.15, -0.1) is 0 Å². The number of phenolic OH excluding ortho intramolecular Hbond substituents is 5. The van der Waals surface area contributed by atoms with Crippen molar-refractivity contribution in [2.24, 2.45) is 0 Å². The molecule has 10 aromatic rings. The van der Waals surface area contributed by atoms with Crippen LogP contribution in [0, 0.1) is 34.6 Å². The zero-order valence-electron chi connectivity index (χ0n) is 79.1. The molecule has 0 amide bonds. The van der Waals surface area contributed by atoms with Crippen LogP contribution in [0.25, 0.3) is 0 Å². The molecule has 0 spiro atoms. The summed E-state index contributed by atoms with van der Waals surface area (Å²) in [5.74, 6) is 0.0800. The maximum atomic E-state index is 12.4. The van der Waals surface area contributed by atoms with E-state index in [0.29, 0.717) is 28.7 Å². The molecular formula is C110H140O10. The number of fused-ring (bicyclic) bond motifs is 10. The molecule has 0 fully saturated rings. The highest BCUT2D eigenvalue weighted by molar-refractivity contribution is 5.73. The van der Waals surface area contributed by atoms with Gasteiger partial charge in [-0.1, -0.05) is 264 Å². The molecular weight excluding hydrogens is 1480 g/mol. The SMILES string of the molecule is COc1c2cc(C(C)(C)C)cc1C(c1cc(C(C)C)c(O)cc1C)c1cc(C(C)(C)C)cc(c1OC)C(c1cc(C(C)C)c(O)cc1C)c1cc(C(C)(C)C)cc(c1OC)C(c1cc(C(C)C)c(O)cc1C)c1cc(C(C)(C)C)cc(c1OC)C(c1cc(C(C)C)c(O)cc1C)c1cc(C(C)(C)C)cc(c1OC)C2c1cc(C(C)C)c(O)cc1C. The van der Waals surface area contributed by atoms with E-state index in [-0.39, 0.29) is 58.3 Å². The van der Waals surface area contributed by atoms with E-state index in [1.807, 2.05) is 30.3 Å². The maximum Gasteiger partial charge on any atom is 0.127 e. The van der Waals surface area contributed by atoms with Crippen LogP contribution < -0.4 is 23.7 Å². The molecule has 1 aliphatic rings. The summed E-state index contributed by atoms with van der Waals surface area (Å²) in [4.78, 5) is 0. The number of aryl methyl sites for hydroxylation is 5. The topological polar surface area (TPSA) is 147 Å². The van der Waals surface area contributed by atoms with Crippen LogP contribution >= 0.6 is 0 Å². The third-order valence-electron chi connectivity index (χ3n) is 25.9. The van der Waals surface area contributed by atoms with Gasteiger partial charge in [0.1, 0.15) is 57.5 Å². The molecule has 0 saturated heterocycles. The molecule has 10 aromatic carbocycles. The Morgan fingerprint density at radius 1 is 0.200 bits per heavy atom. The largest absolute Gasteiger partial charge is 0.508 e. The quantitative estimate of drug-likeness (QED) is 0.0672. The fourth-order valence-electron chi connectivity index (χ4n) is 18.9. The second-order valence-electron chi connectivity index (χ2n) is 41.5. The molecule has 0 saturated carbocycles. The Hall–Kier alpha value is -9.80. The van der Waals surface area contributed by atoms with Gasteiger partial charge in [-0.2, -0.15) is 0 Å². The summed E-state index contributed by atoms with van der Waals surface area (Å²) >= 11 is 0. The van der Waals surface area contributed by atoms with Gasteiger partial charge in [0.2, 0.25) is 0 Å². The molecule has 0 heterocycles. The predicted octanol–water partition coefficient (Wildman–Crippen LogP) is 28.1. The first-order valence-corrected chi connectivity index (χ1v) is 43.5. The van der Waals surface area contributed by atoms with E-state index in [9.17, 15) is 25.5 Å². The van der Waals surface area contributed by atoms with E-state index >= 15 is 0 Å². The van der Waals surface area contributed by atoms with Gasteiger partial charge < -0.3 is 49.2 Å². The standard InChI is InChI=1S/C110H140O10/c1-56(2)71-51-76(61(11)36-91(71)111)96-81-41-66(106(16,17)18)43-83(101(81)116-31)97(77-52-72(57(3)4)92(112)37-62(77)12)85-45-68(108(22,23)24)47-87(103(85)118-33)99(79-54-74(59(7)8)94(114)39-64(79)14)89-49-70(110(28,29)30)50-90(105(89)120-35)100(80-55-75(60(9)10)95(115)40-65(80)15)88-48-69(109(25,26)27)46-86(104(88)119-34)98(78-53-73(58(5)6)93(113)38-63(78)13)84-44-67(107(19,20)21)42-82(96)102(84)117-32/h36-60,96-100,111-115H,1-35H3. The summed E-state index contributed by atoms with van der Waals surface area (Å²) in [7, 11) is 9.03. The van der Waals surface area contributed by atoms with Crippen molar-refractivity contribution in [2.45, 2.75) is 294 Å². The fourth-order valence-corrected chi connectivity index (χ4v) is 18.9. The van der Waals surface area contributed by atoms with Gasteiger partial charge >= 0.3 is 0 Å². The van der Waals surface area contributed by atoms with Crippen molar-refractivity contribution in [1.29, 1.82) is 0 Å². The maximum absolute atomic E-state index is 12.4. The summed E-state index contributed by atoms with van der Waals surface area (Å²) < 4.78 is 37.8. The van der Waals surface area contributed by atoms with Crippen LogP contribution in [0.1, 0.15) is 399 Å². The number of phenols is 5. The molecule has 5 N–H and O–H groups in total. The molecule has 0 atom stereocenters. The van der Waals surface area contributed by atoms with Gasteiger partial charge in [0.15, 0.2) is 0 Å². The Morgan fingerprint density at radius 2 is 0.317 bits per heavy atom. The minimum atomic E-state index is -0.721. The lowest BCUT2D eigenvalue weighted by atomic mass is 9.69. The van der Waals surface area contributed by atoms with E-state index in [1.165, 1.54) is 0 Å². The molecule has 0 radical (unpaired) electrons. The number of benzene rings is 10. The normalized spacial score (nSPS) is 16.2. The van der Waals surface area contributed by atoms with Gasteiger partial charge in [0.05, 0.1) is 35.5 Å². The van der Waals surface area contributed by atoms with Crippen molar-refractivity contribution in [3.8, 4) is 57.5 Å². The van der Waals surface area contributed by atoms with E-state index in [0.717, 1.165) is 167 Å². The molecule has 10 bridgehead atoms. The van der Waals surface area contributed by atoms with Gasteiger partial charge in [0.25, 0.3) is 0 Å². The molecule has 120 heavy (non-hydrogen) atoms. The fraction of sp³-hybridized carbons (Fsp3) is 0.455. The van der Waals surface area contributed by atoms with E-state index in [1.54, 1.807) is 35.5 Å². The first-order valence-electron chi connectivity index (χ1n) is 43.5. The summed E-state index contributed by atoms with van der Waals surface area (Å²) in [6.07, 6.45) is 0. The van der Waals surface area contributed by atoms with Crippen molar-refractivity contribution >= 4 is 0 Å². The molecule has 640 valence electrons. The van der Waals surface area contributed by atoms with Gasteiger partial charge in [-0.25, -0.2) is 0 Å². The Kier molecular flexibility index (Phi) is 25.4. The van der Waals surface area contributed by atoms with Crippen LogP contribution in [0.4, 0.5) is 0 Å². The summed E-state index contributed by atoms with van der Waals surface area (Å²) in [6, 6.07) is 44.5. The van der Waals surface area contributed by atoms with Crippen molar-refractivity contribution in [3.05, 3.63) is 288 Å². The van der Waals surface area contributed by atoms with E-state index in [4.69, 9.17) is 23.7 Å². The number of ether oxygens (including phenoxy) is 5. The minimum Gasteiger partial charge on any atom is -0.508 e. The highest BCUT2D eigenvalue weighted by atomic mass is 16.5. The Bertz CT molecular complexity index is 4640. The average molecular weight is 1620 g/mol. The Balaban J connectivity index is 1.61. The zero-order chi connectivity index (χ0) is 89.0. The summed E-state index contributed by atoms with van der Waals surface area (Å²) in [5.41, 5.74) is 24.1. The number of aromatic hydroxyl groups is 5. The zero-order valence-corrected chi connectivity index (χ0v) is 79.1. The van der Waals surface area contributed by atoms with E-state index in [2.05, 4.69) is 299 Å². The molecule has 1 aliphatic carbocycles. The van der Waals surface area contributed by atoms with Crippen LogP contribution in [0.5, 0.6) is 57.5 Å². The third-order valence-corrected chi connectivity index (χ3v) is 25.9. The lowest BCUT2D eigenvalue weighted by Gasteiger charge is -2.37. The van der Waals surface area contributed by atoms with Crippen molar-refractivity contribution in [2.75, 3.05) is 35.5 Å². The molecule has 0 unspecified atom stereocenters. The van der Waals surface area contributed by atoms with Crippen molar-refractivity contribution in [3.63, 3.8) is 0 Å². The van der Waals surface area contributed by atoms with Gasteiger partial charge in [-0.3, -0.25) is 0 Å². The van der Waals surface area contributed by atoms with Crippen LogP contribution in [0.15, 0.2) is 121 Å². The molecule has 0 aromatic heterocycles. The second kappa shape index (κ2) is 33.6. The summed E-state index contributed by atoms with van der Waals surface area (Å²) in [6.45, 7) is 66.1. The Labute approximate surface area is 720 Å². The monoisotopic (exact) mass is 1620 g/mol. The van der Waals surface area contributed by atoms with Crippen LogP contribution in [-0.2, 0) is 27.1 Å². The highest BCUT2D eigenvalue weighted by Gasteiger charge is 2.44. The van der Waals surface area contributed by atoms with Crippen LogP contribution in [0.2, 0.25) is 0 Å². The van der Waals surface area contributed by atoms with Crippen LogP contribution in [0.3, 0.4) is 0 Å². The van der Waals surface area contributed by atoms with Crippen molar-refractivity contribution in [1.82, 2.24) is 0 Å². The predicted molar refractivity (Wildman–Crippen MR) is 498 cm³/mol. The van der Waals surface area contributed by atoms with Gasteiger partial charge in [-0.05, 0) is 233 Å². The third kappa shape index (κ3) is 17.0. The summed E-state index contributed by atoms with van der Waals surface area (Å²) in [5, 5.41) is 62.1. The molecule has 10 heteroatoms. The first-order chi connectivity index (χ1) is 55.7. The number of rotatable bonds is 15. The lowest BCUT2D eigenvalue weighted by molar-refractivity contribution is 0.388. The molecule has 11 rings (SSSR count).